The molecule has 0 aliphatic carbocycles. The van der Waals surface area contributed by atoms with Crippen LogP contribution in [0.15, 0.2) is 47.4 Å². The van der Waals surface area contributed by atoms with Crippen molar-refractivity contribution in [2.45, 2.75) is 31.6 Å². The van der Waals surface area contributed by atoms with Gasteiger partial charge in [0.25, 0.3) is 0 Å². The smallest absolute Gasteiger partial charge is 0.243 e. The molecule has 7 heteroatoms. The highest BCUT2D eigenvalue weighted by atomic mass is 32.2. The van der Waals surface area contributed by atoms with E-state index < -0.39 is 15.9 Å². The molecule has 2 aromatic rings. The Hall–Kier alpha value is -2.25. The fourth-order valence-corrected chi connectivity index (χ4v) is 5.39. The number of amides is 1. The van der Waals surface area contributed by atoms with Crippen molar-refractivity contribution in [3.63, 3.8) is 0 Å². The van der Waals surface area contributed by atoms with Crippen LogP contribution in [-0.2, 0) is 14.8 Å². The van der Waals surface area contributed by atoms with Crippen LogP contribution >= 0.6 is 0 Å². The van der Waals surface area contributed by atoms with Gasteiger partial charge >= 0.3 is 0 Å². The van der Waals surface area contributed by atoms with E-state index in [1.807, 2.05) is 13.0 Å². The lowest BCUT2D eigenvalue weighted by Crippen LogP contribution is -2.46. The van der Waals surface area contributed by atoms with Crippen molar-refractivity contribution in [2.75, 3.05) is 25.0 Å². The van der Waals surface area contributed by atoms with E-state index >= 15 is 0 Å². The summed E-state index contributed by atoms with van der Waals surface area (Å²) < 4.78 is 40.9. The van der Waals surface area contributed by atoms with E-state index in [4.69, 9.17) is 0 Å². The minimum atomic E-state index is -3.66. The summed E-state index contributed by atoms with van der Waals surface area (Å²) in [4.78, 5) is 14.7. The zero-order valence-corrected chi connectivity index (χ0v) is 17.2. The number of carbonyl (C=O) groups excluding carboxylic acids is 1. The largest absolute Gasteiger partial charge is 0.315 e. The van der Waals surface area contributed by atoms with Crippen molar-refractivity contribution in [2.24, 2.45) is 5.92 Å². The standard InChI is InChI=1S/C21H25FN2O3S/c1-15-6-7-16(2)20(13-15)28(26,27)24-12-4-5-17(14-24)21(25)23(3)19-10-8-18(22)9-11-19/h6-11,13,17H,4-5,12,14H2,1-3H3/t17-/m0/s1. The van der Waals surface area contributed by atoms with Gasteiger partial charge in [-0.3, -0.25) is 4.79 Å². The van der Waals surface area contributed by atoms with Crippen molar-refractivity contribution < 1.29 is 17.6 Å². The van der Waals surface area contributed by atoms with Gasteiger partial charge in [-0.05, 0) is 68.1 Å². The van der Waals surface area contributed by atoms with Gasteiger partial charge in [-0.2, -0.15) is 4.31 Å². The molecule has 0 radical (unpaired) electrons. The molecule has 0 aromatic heterocycles. The summed E-state index contributed by atoms with van der Waals surface area (Å²) in [6, 6.07) is 11.1. The summed E-state index contributed by atoms with van der Waals surface area (Å²) in [6.45, 7) is 4.19. The first-order valence-electron chi connectivity index (χ1n) is 9.30. The van der Waals surface area contributed by atoms with E-state index in [2.05, 4.69) is 0 Å². The summed E-state index contributed by atoms with van der Waals surface area (Å²) in [5.41, 5.74) is 2.16. The number of hydrogen-bond donors (Lipinski definition) is 0. The Kier molecular flexibility index (Phi) is 5.86. The lowest BCUT2D eigenvalue weighted by atomic mass is 9.98. The average Bonchev–Trinajstić information content (AvgIpc) is 2.69. The van der Waals surface area contributed by atoms with Gasteiger partial charge in [0.2, 0.25) is 15.9 Å². The first kappa shape index (κ1) is 20.5. The molecule has 1 heterocycles. The van der Waals surface area contributed by atoms with Gasteiger partial charge in [0, 0.05) is 25.8 Å². The molecule has 1 fully saturated rings. The SMILES string of the molecule is Cc1ccc(C)c(S(=O)(=O)N2CCC[C@H](C(=O)N(C)c3ccc(F)cc3)C2)c1. The monoisotopic (exact) mass is 404 g/mol. The van der Waals surface area contributed by atoms with Gasteiger partial charge in [-0.25, -0.2) is 12.8 Å². The maximum absolute atomic E-state index is 13.2. The van der Waals surface area contributed by atoms with Crippen molar-refractivity contribution in [1.82, 2.24) is 4.31 Å². The molecule has 3 rings (SSSR count). The highest BCUT2D eigenvalue weighted by Crippen LogP contribution is 2.28. The predicted octanol–water partition coefficient (Wildman–Crippen LogP) is 3.51. The zero-order valence-electron chi connectivity index (χ0n) is 16.4. The third-order valence-corrected chi connectivity index (χ3v) is 7.25. The van der Waals surface area contributed by atoms with Crippen LogP contribution in [0.2, 0.25) is 0 Å². The number of piperidine rings is 1. The number of carbonyl (C=O) groups is 1. The second-order valence-electron chi connectivity index (χ2n) is 7.34. The van der Waals surface area contributed by atoms with E-state index in [0.29, 0.717) is 35.5 Å². The molecule has 1 amide bonds. The summed E-state index contributed by atoms with van der Waals surface area (Å²) >= 11 is 0. The Morgan fingerprint density at radius 3 is 2.50 bits per heavy atom. The van der Waals surface area contributed by atoms with Crippen molar-refractivity contribution in [3.8, 4) is 0 Å². The van der Waals surface area contributed by atoms with Gasteiger partial charge in [-0.15, -0.1) is 0 Å². The fraction of sp³-hybridized carbons (Fsp3) is 0.381. The van der Waals surface area contributed by atoms with Gasteiger partial charge in [0.15, 0.2) is 0 Å². The van der Waals surface area contributed by atoms with Gasteiger partial charge < -0.3 is 4.90 Å². The van der Waals surface area contributed by atoms with Crippen LogP contribution in [0.4, 0.5) is 10.1 Å². The molecule has 28 heavy (non-hydrogen) atoms. The molecule has 1 aliphatic rings. The van der Waals surface area contributed by atoms with Crippen molar-refractivity contribution in [1.29, 1.82) is 0 Å². The Morgan fingerprint density at radius 2 is 1.82 bits per heavy atom. The van der Waals surface area contributed by atoms with Crippen LogP contribution in [0.3, 0.4) is 0 Å². The van der Waals surface area contributed by atoms with E-state index in [0.717, 1.165) is 5.56 Å². The van der Waals surface area contributed by atoms with Gasteiger partial charge in [0.05, 0.1) is 10.8 Å². The molecule has 0 unspecified atom stereocenters. The summed E-state index contributed by atoms with van der Waals surface area (Å²) in [7, 11) is -2.03. The lowest BCUT2D eigenvalue weighted by molar-refractivity contribution is -0.123. The maximum atomic E-state index is 13.2. The van der Waals surface area contributed by atoms with E-state index in [9.17, 15) is 17.6 Å². The molecule has 2 aromatic carbocycles. The first-order valence-corrected chi connectivity index (χ1v) is 10.7. The first-order chi connectivity index (χ1) is 13.2. The zero-order chi connectivity index (χ0) is 20.5. The number of nitrogens with zero attached hydrogens (tertiary/aromatic N) is 2. The minimum absolute atomic E-state index is 0.153. The highest BCUT2D eigenvalue weighted by molar-refractivity contribution is 7.89. The van der Waals surface area contributed by atoms with E-state index in [1.54, 1.807) is 38.2 Å². The van der Waals surface area contributed by atoms with Crippen LogP contribution in [0.1, 0.15) is 24.0 Å². The second-order valence-corrected chi connectivity index (χ2v) is 9.25. The minimum Gasteiger partial charge on any atom is -0.315 e. The van der Waals surface area contributed by atoms with E-state index in [1.165, 1.54) is 21.3 Å². The maximum Gasteiger partial charge on any atom is 0.243 e. The molecular formula is C21H25FN2O3S. The fourth-order valence-electron chi connectivity index (χ4n) is 3.55. The van der Waals surface area contributed by atoms with E-state index in [-0.39, 0.29) is 18.3 Å². The van der Waals surface area contributed by atoms with Gasteiger partial charge in [-0.1, -0.05) is 12.1 Å². The molecule has 0 saturated carbocycles. The van der Waals surface area contributed by atoms with Crippen LogP contribution in [0, 0.1) is 25.6 Å². The topological polar surface area (TPSA) is 57.7 Å². The lowest BCUT2D eigenvalue weighted by Gasteiger charge is -2.33. The van der Waals surface area contributed by atoms with Crippen molar-refractivity contribution in [3.05, 3.63) is 59.4 Å². The number of sulfonamides is 1. The molecule has 0 N–H and O–H groups in total. The Bertz CT molecular complexity index is 974. The Morgan fingerprint density at radius 1 is 1.14 bits per heavy atom. The summed E-state index contributed by atoms with van der Waals surface area (Å²) in [5.74, 6) is -0.954. The second kappa shape index (κ2) is 8.01. The van der Waals surface area contributed by atoms with Crippen LogP contribution < -0.4 is 4.90 Å². The molecule has 1 aliphatic heterocycles. The summed E-state index contributed by atoms with van der Waals surface area (Å²) in [6.07, 6.45) is 1.25. The van der Waals surface area contributed by atoms with Crippen LogP contribution in [0.25, 0.3) is 0 Å². The highest BCUT2D eigenvalue weighted by Gasteiger charge is 2.35. The van der Waals surface area contributed by atoms with Gasteiger partial charge in [0.1, 0.15) is 5.82 Å². The number of aryl methyl sites for hydroxylation is 2. The number of anilines is 1. The average molecular weight is 405 g/mol. The predicted molar refractivity (Wildman–Crippen MR) is 107 cm³/mol. The van der Waals surface area contributed by atoms with Crippen molar-refractivity contribution >= 4 is 21.6 Å². The normalized spacial score (nSPS) is 18.1. The molecule has 0 spiro atoms. The molecule has 5 nitrogen and oxygen atoms in total. The number of benzene rings is 2. The van der Waals surface area contributed by atoms with Crippen LogP contribution in [-0.4, -0.2) is 38.8 Å². The molecule has 1 atom stereocenters. The third kappa shape index (κ3) is 4.10. The Balaban J connectivity index is 1.80. The molecule has 150 valence electrons. The quantitative estimate of drug-likeness (QED) is 0.784. The molecule has 1 saturated heterocycles. The number of hydrogen-bond acceptors (Lipinski definition) is 3. The molecule has 0 bridgehead atoms. The number of halogens is 1. The molecular weight excluding hydrogens is 379 g/mol. The summed E-state index contributed by atoms with van der Waals surface area (Å²) in [5, 5.41) is 0. The Labute approximate surface area is 165 Å². The van der Waals surface area contributed by atoms with Crippen LogP contribution in [0.5, 0.6) is 0 Å². The number of rotatable bonds is 4. The third-order valence-electron chi connectivity index (χ3n) is 5.24.